The Morgan fingerprint density at radius 3 is 2.79 bits per heavy atom. The topological polar surface area (TPSA) is 70.1 Å². The lowest BCUT2D eigenvalue weighted by Crippen LogP contribution is -2.70. The van der Waals surface area contributed by atoms with Gasteiger partial charge in [-0.05, 0) is 50.6 Å². The van der Waals surface area contributed by atoms with Crippen LogP contribution in [0.1, 0.15) is 45.4 Å². The third-order valence-corrected chi connectivity index (χ3v) is 6.61. The number of hydrogen-bond donors (Lipinski definition) is 1. The predicted molar refractivity (Wildman–Crippen MR) is 87.1 cm³/mol. The Balaban J connectivity index is 1.59. The minimum absolute atomic E-state index is 0.109. The van der Waals surface area contributed by atoms with Gasteiger partial charge in [-0.3, -0.25) is 14.5 Å². The number of piperidine rings is 4. The van der Waals surface area contributed by atoms with Crippen LogP contribution >= 0.6 is 0 Å². The van der Waals surface area contributed by atoms with E-state index in [1.165, 1.54) is 32.4 Å². The molecular formula is C18H28N2O4. The van der Waals surface area contributed by atoms with Crippen LogP contribution in [0.3, 0.4) is 0 Å². The van der Waals surface area contributed by atoms with E-state index in [4.69, 9.17) is 4.74 Å². The van der Waals surface area contributed by atoms with E-state index in [0.29, 0.717) is 24.3 Å². The summed E-state index contributed by atoms with van der Waals surface area (Å²) in [6.07, 6.45) is 3.68. The molecule has 0 bridgehead atoms. The lowest BCUT2D eigenvalue weighted by atomic mass is 9.67. The molecule has 4 heterocycles. The highest BCUT2D eigenvalue weighted by atomic mass is 16.6. The molecule has 0 radical (unpaired) electrons. The lowest BCUT2D eigenvalue weighted by molar-refractivity contribution is -0.184. The molecule has 4 aliphatic heterocycles. The SMILES string of the molecule is CCC(=O)OC1CC2C3CCCN4CCCC(CN2C(=O)C1O)C34. The Kier molecular flexibility index (Phi) is 4.29. The molecule has 4 aliphatic rings. The Labute approximate surface area is 143 Å². The zero-order chi connectivity index (χ0) is 16.8. The highest BCUT2D eigenvalue weighted by Crippen LogP contribution is 2.45. The lowest BCUT2D eigenvalue weighted by Gasteiger charge is -2.59. The highest BCUT2D eigenvalue weighted by Gasteiger charge is 2.54. The number of esters is 1. The molecule has 24 heavy (non-hydrogen) atoms. The van der Waals surface area contributed by atoms with Crippen molar-refractivity contribution in [1.29, 1.82) is 0 Å². The molecule has 6 heteroatoms. The number of aliphatic hydroxyl groups is 1. The van der Waals surface area contributed by atoms with E-state index in [-0.39, 0.29) is 24.3 Å². The second-order valence-corrected chi connectivity index (χ2v) is 7.86. The van der Waals surface area contributed by atoms with Crippen molar-refractivity contribution in [2.75, 3.05) is 19.6 Å². The first-order valence-corrected chi connectivity index (χ1v) is 9.52. The van der Waals surface area contributed by atoms with Crippen molar-refractivity contribution in [3.63, 3.8) is 0 Å². The average molecular weight is 336 g/mol. The van der Waals surface area contributed by atoms with Crippen LogP contribution < -0.4 is 0 Å². The van der Waals surface area contributed by atoms with E-state index in [2.05, 4.69) is 4.90 Å². The van der Waals surface area contributed by atoms with Crippen molar-refractivity contribution >= 4 is 11.9 Å². The second kappa shape index (κ2) is 6.30. The summed E-state index contributed by atoms with van der Waals surface area (Å²) in [4.78, 5) is 29.0. The van der Waals surface area contributed by atoms with Crippen LogP contribution in [0.2, 0.25) is 0 Å². The summed E-state index contributed by atoms with van der Waals surface area (Å²) in [5.41, 5.74) is 0. The molecule has 4 fully saturated rings. The first-order chi connectivity index (χ1) is 11.6. The molecule has 0 aromatic carbocycles. The Bertz CT molecular complexity index is 523. The van der Waals surface area contributed by atoms with Crippen molar-refractivity contribution in [1.82, 2.24) is 9.80 Å². The Morgan fingerprint density at radius 2 is 2.04 bits per heavy atom. The molecule has 6 unspecified atom stereocenters. The van der Waals surface area contributed by atoms with Crippen molar-refractivity contribution in [2.45, 2.75) is 69.7 Å². The molecule has 1 N–H and O–H groups in total. The van der Waals surface area contributed by atoms with Gasteiger partial charge in [0.15, 0.2) is 6.10 Å². The van der Waals surface area contributed by atoms with E-state index >= 15 is 0 Å². The summed E-state index contributed by atoms with van der Waals surface area (Å²) in [6, 6.07) is 0.678. The number of carbonyl (C=O) groups excluding carboxylic acids is 2. The summed E-state index contributed by atoms with van der Waals surface area (Å²) >= 11 is 0. The van der Waals surface area contributed by atoms with Gasteiger partial charge >= 0.3 is 5.97 Å². The van der Waals surface area contributed by atoms with Crippen LogP contribution in [0.4, 0.5) is 0 Å². The first kappa shape index (κ1) is 16.3. The number of rotatable bonds is 2. The molecule has 6 atom stereocenters. The maximum Gasteiger partial charge on any atom is 0.305 e. The molecule has 1 amide bonds. The predicted octanol–water partition coefficient (Wildman–Crippen LogP) is 0.774. The first-order valence-electron chi connectivity index (χ1n) is 9.52. The smallest absolute Gasteiger partial charge is 0.305 e. The monoisotopic (exact) mass is 336 g/mol. The van der Waals surface area contributed by atoms with Crippen LogP contribution in [0.15, 0.2) is 0 Å². The number of hydrogen-bond acceptors (Lipinski definition) is 5. The third kappa shape index (κ3) is 2.54. The number of carbonyl (C=O) groups is 2. The van der Waals surface area contributed by atoms with Gasteiger partial charge in [-0.25, -0.2) is 0 Å². The fourth-order valence-corrected chi connectivity index (χ4v) is 5.61. The number of nitrogens with zero attached hydrogens (tertiary/aromatic N) is 2. The molecule has 4 saturated heterocycles. The van der Waals surface area contributed by atoms with E-state index in [1.807, 2.05) is 4.90 Å². The van der Waals surface area contributed by atoms with Gasteiger partial charge in [0, 0.05) is 31.5 Å². The van der Waals surface area contributed by atoms with Crippen molar-refractivity contribution in [2.24, 2.45) is 11.8 Å². The van der Waals surface area contributed by atoms with Crippen molar-refractivity contribution < 1.29 is 19.4 Å². The average Bonchev–Trinajstić information content (AvgIpc) is 2.60. The zero-order valence-electron chi connectivity index (χ0n) is 14.4. The van der Waals surface area contributed by atoms with E-state index in [9.17, 15) is 14.7 Å². The van der Waals surface area contributed by atoms with Crippen LogP contribution in [0, 0.1) is 11.8 Å². The minimum atomic E-state index is -1.20. The standard InChI is InChI=1S/C18H28N2O4/c1-2-15(21)24-14-9-13-12-6-4-8-19-7-3-5-11(16(12)19)10-20(13)18(23)17(14)22/h11-14,16-17,22H,2-10H2,1H3. The minimum Gasteiger partial charge on any atom is -0.459 e. The third-order valence-electron chi connectivity index (χ3n) is 6.61. The summed E-state index contributed by atoms with van der Waals surface area (Å²) in [5, 5.41) is 10.4. The van der Waals surface area contributed by atoms with Crippen LogP contribution in [-0.2, 0) is 14.3 Å². The van der Waals surface area contributed by atoms with Crippen LogP contribution in [0.5, 0.6) is 0 Å². The zero-order valence-corrected chi connectivity index (χ0v) is 14.4. The molecule has 0 aliphatic carbocycles. The second-order valence-electron chi connectivity index (χ2n) is 7.86. The highest BCUT2D eigenvalue weighted by molar-refractivity contribution is 5.83. The number of fused-ring (bicyclic) bond motifs is 2. The normalized spacial score (nSPS) is 42.2. The van der Waals surface area contributed by atoms with Gasteiger partial charge in [0.2, 0.25) is 0 Å². The molecule has 0 saturated carbocycles. The molecular weight excluding hydrogens is 308 g/mol. The van der Waals surface area contributed by atoms with Crippen molar-refractivity contribution in [3.8, 4) is 0 Å². The Morgan fingerprint density at radius 1 is 1.29 bits per heavy atom. The van der Waals surface area contributed by atoms with Crippen molar-refractivity contribution in [3.05, 3.63) is 0 Å². The number of ether oxygens (including phenoxy) is 1. The summed E-state index contributed by atoms with van der Waals surface area (Å²) in [6.45, 7) is 4.84. The fourth-order valence-electron chi connectivity index (χ4n) is 5.61. The summed E-state index contributed by atoms with van der Waals surface area (Å²) < 4.78 is 5.40. The van der Waals surface area contributed by atoms with E-state index in [0.717, 1.165) is 13.0 Å². The summed E-state index contributed by atoms with van der Waals surface area (Å²) in [5.74, 6) is 0.418. The van der Waals surface area contributed by atoms with E-state index < -0.39 is 12.2 Å². The molecule has 0 aromatic heterocycles. The van der Waals surface area contributed by atoms with Gasteiger partial charge in [0.1, 0.15) is 6.10 Å². The maximum absolute atomic E-state index is 12.7. The molecule has 0 aromatic rings. The van der Waals surface area contributed by atoms with E-state index in [1.54, 1.807) is 6.92 Å². The maximum atomic E-state index is 12.7. The van der Waals surface area contributed by atoms with Crippen LogP contribution in [0.25, 0.3) is 0 Å². The largest absolute Gasteiger partial charge is 0.459 e. The van der Waals surface area contributed by atoms with Gasteiger partial charge in [0.05, 0.1) is 0 Å². The molecule has 134 valence electrons. The Hall–Kier alpha value is -1.14. The van der Waals surface area contributed by atoms with Gasteiger partial charge in [-0.1, -0.05) is 6.92 Å². The van der Waals surface area contributed by atoms with Crippen LogP contribution in [-0.4, -0.2) is 70.7 Å². The number of amides is 1. The summed E-state index contributed by atoms with van der Waals surface area (Å²) in [7, 11) is 0. The fraction of sp³-hybridized carbons (Fsp3) is 0.889. The number of aliphatic hydroxyl groups excluding tert-OH is 1. The quantitative estimate of drug-likeness (QED) is 0.755. The van der Waals surface area contributed by atoms with Gasteiger partial charge in [-0.15, -0.1) is 0 Å². The molecule has 0 spiro atoms. The van der Waals surface area contributed by atoms with Gasteiger partial charge in [-0.2, -0.15) is 0 Å². The van der Waals surface area contributed by atoms with Gasteiger partial charge < -0.3 is 14.7 Å². The van der Waals surface area contributed by atoms with Gasteiger partial charge in [0.25, 0.3) is 5.91 Å². The molecule has 4 rings (SSSR count). The molecule has 6 nitrogen and oxygen atoms in total.